The summed E-state index contributed by atoms with van der Waals surface area (Å²) in [5, 5.41) is 8.33. The first-order chi connectivity index (χ1) is 17.2. The summed E-state index contributed by atoms with van der Waals surface area (Å²) in [6.45, 7) is 5.46. The summed E-state index contributed by atoms with van der Waals surface area (Å²) < 4.78 is 12.7. The highest BCUT2D eigenvalue weighted by Gasteiger charge is 2.21. The zero-order chi connectivity index (χ0) is 24.0. The molecule has 1 aliphatic heterocycles. The normalized spacial score (nSPS) is 14.4. The van der Waals surface area contributed by atoms with E-state index in [0.717, 1.165) is 73.8 Å². The highest BCUT2D eigenvalue weighted by Crippen LogP contribution is 2.30. The number of amides is 1. The average Bonchev–Trinajstić information content (AvgIpc) is 3.59. The molecule has 1 fully saturated rings. The zero-order valence-corrected chi connectivity index (χ0v) is 19.9. The second-order valence-corrected chi connectivity index (χ2v) is 8.68. The van der Waals surface area contributed by atoms with Crippen LogP contribution in [-0.2, 0) is 0 Å². The molecule has 0 saturated carbocycles. The Bertz CT molecular complexity index is 1260. The molecule has 1 amide bonds. The first-order valence-electron chi connectivity index (χ1n) is 12.0. The molecular formula is C26H30N6O3. The summed E-state index contributed by atoms with van der Waals surface area (Å²) in [5.74, 6) is 1.65. The van der Waals surface area contributed by atoms with Crippen LogP contribution >= 0.6 is 0 Å². The van der Waals surface area contributed by atoms with Crippen molar-refractivity contribution in [3.8, 4) is 11.4 Å². The van der Waals surface area contributed by atoms with Gasteiger partial charge in [0.15, 0.2) is 11.4 Å². The monoisotopic (exact) mass is 474 g/mol. The lowest BCUT2D eigenvalue weighted by Crippen LogP contribution is -2.46. The van der Waals surface area contributed by atoms with E-state index in [2.05, 4.69) is 25.3 Å². The fraction of sp³-hybridized carbons (Fsp3) is 0.346. The number of anilines is 1. The molecule has 0 radical (unpaired) electrons. The van der Waals surface area contributed by atoms with E-state index in [0.29, 0.717) is 12.1 Å². The van der Waals surface area contributed by atoms with Gasteiger partial charge in [-0.25, -0.2) is 4.98 Å². The van der Waals surface area contributed by atoms with Gasteiger partial charge in [0.25, 0.3) is 5.91 Å². The third-order valence-electron chi connectivity index (χ3n) is 6.43. The number of nitrogens with one attached hydrogen (secondary N) is 1. The Morgan fingerprint density at radius 1 is 1.11 bits per heavy atom. The van der Waals surface area contributed by atoms with E-state index in [1.54, 1.807) is 19.6 Å². The minimum Gasteiger partial charge on any atom is -0.497 e. The lowest BCUT2D eigenvalue weighted by molar-refractivity contribution is 0.0952. The fourth-order valence-electron chi connectivity index (χ4n) is 4.43. The molecule has 0 spiro atoms. The Labute approximate surface area is 204 Å². The molecule has 35 heavy (non-hydrogen) atoms. The predicted octanol–water partition coefficient (Wildman–Crippen LogP) is 3.35. The molecule has 182 valence electrons. The number of imidazole rings is 1. The van der Waals surface area contributed by atoms with Crippen LogP contribution in [0, 0.1) is 0 Å². The first kappa shape index (κ1) is 22.9. The highest BCUT2D eigenvalue weighted by atomic mass is 16.5. The highest BCUT2D eigenvalue weighted by molar-refractivity contribution is 5.94. The minimum atomic E-state index is -0.0444. The van der Waals surface area contributed by atoms with E-state index < -0.39 is 0 Å². The van der Waals surface area contributed by atoms with Crippen LogP contribution in [0.4, 0.5) is 5.82 Å². The van der Waals surface area contributed by atoms with Crippen LogP contribution in [0.3, 0.4) is 0 Å². The van der Waals surface area contributed by atoms with E-state index in [-0.39, 0.29) is 5.91 Å². The second kappa shape index (κ2) is 10.6. The number of aromatic nitrogens is 3. The molecule has 1 aliphatic rings. The van der Waals surface area contributed by atoms with Gasteiger partial charge in [-0.05, 0) is 55.8 Å². The number of benzene rings is 2. The molecule has 0 unspecified atom stereocenters. The van der Waals surface area contributed by atoms with Crippen LogP contribution in [0.15, 0.2) is 65.7 Å². The van der Waals surface area contributed by atoms with Crippen LogP contribution < -0.4 is 15.0 Å². The summed E-state index contributed by atoms with van der Waals surface area (Å²) in [5.41, 5.74) is 2.36. The summed E-state index contributed by atoms with van der Waals surface area (Å²) in [6, 6.07) is 13.3. The number of methoxy groups -OCH3 is 1. The van der Waals surface area contributed by atoms with Crippen molar-refractivity contribution in [3.05, 3.63) is 66.7 Å². The average molecular weight is 475 g/mol. The van der Waals surface area contributed by atoms with Crippen molar-refractivity contribution in [2.24, 2.45) is 0 Å². The third kappa shape index (κ3) is 5.30. The lowest BCUT2D eigenvalue weighted by atomic mass is 10.2. The number of hydrogen-bond acceptors (Lipinski definition) is 7. The van der Waals surface area contributed by atoms with Gasteiger partial charge in [-0.3, -0.25) is 9.69 Å². The molecular weight excluding hydrogens is 444 g/mol. The smallest absolute Gasteiger partial charge is 0.251 e. The fourth-order valence-corrected chi connectivity index (χ4v) is 4.43. The molecule has 9 heteroatoms. The molecule has 0 aliphatic carbocycles. The molecule has 5 rings (SSSR count). The van der Waals surface area contributed by atoms with Crippen molar-refractivity contribution in [3.63, 3.8) is 0 Å². The van der Waals surface area contributed by atoms with Gasteiger partial charge in [0.05, 0.1) is 18.8 Å². The number of fused-ring (bicyclic) bond motifs is 1. The van der Waals surface area contributed by atoms with Crippen LogP contribution in [0.25, 0.3) is 16.7 Å². The van der Waals surface area contributed by atoms with Crippen molar-refractivity contribution in [1.82, 2.24) is 24.9 Å². The predicted molar refractivity (Wildman–Crippen MR) is 134 cm³/mol. The van der Waals surface area contributed by atoms with Crippen LogP contribution in [0.5, 0.6) is 5.75 Å². The van der Waals surface area contributed by atoms with Crippen molar-refractivity contribution in [2.75, 3.05) is 51.3 Å². The van der Waals surface area contributed by atoms with E-state index in [1.807, 2.05) is 53.2 Å². The van der Waals surface area contributed by atoms with Gasteiger partial charge in [0.2, 0.25) is 0 Å². The van der Waals surface area contributed by atoms with Gasteiger partial charge in [-0.1, -0.05) is 11.2 Å². The number of unbranched alkanes of at least 4 members (excludes halogenated alkanes) is 1. The van der Waals surface area contributed by atoms with Crippen LogP contribution in [0.2, 0.25) is 0 Å². The number of ether oxygens (including phenoxy) is 1. The molecule has 0 atom stereocenters. The van der Waals surface area contributed by atoms with E-state index in [1.165, 1.54) is 0 Å². The Kier molecular flexibility index (Phi) is 6.94. The Morgan fingerprint density at radius 3 is 2.80 bits per heavy atom. The van der Waals surface area contributed by atoms with E-state index in [4.69, 9.17) is 9.26 Å². The molecule has 4 aromatic rings. The topological polar surface area (TPSA) is 88.7 Å². The maximum Gasteiger partial charge on any atom is 0.251 e. The number of nitrogens with zero attached hydrogens (tertiary/aromatic N) is 5. The first-order valence-corrected chi connectivity index (χ1v) is 12.0. The van der Waals surface area contributed by atoms with Gasteiger partial charge in [-0.15, -0.1) is 0 Å². The maximum atomic E-state index is 12.5. The summed E-state index contributed by atoms with van der Waals surface area (Å²) in [4.78, 5) is 21.3. The van der Waals surface area contributed by atoms with E-state index in [9.17, 15) is 4.79 Å². The van der Waals surface area contributed by atoms with Crippen LogP contribution in [-0.4, -0.2) is 71.9 Å². The van der Waals surface area contributed by atoms with Gasteiger partial charge in [0, 0.05) is 56.4 Å². The summed E-state index contributed by atoms with van der Waals surface area (Å²) >= 11 is 0. The Balaban J connectivity index is 1.04. The minimum absolute atomic E-state index is 0.0444. The molecule has 1 N–H and O–H groups in total. The molecule has 2 aromatic carbocycles. The van der Waals surface area contributed by atoms with Gasteiger partial charge in [0.1, 0.15) is 5.75 Å². The number of piperazine rings is 1. The van der Waals surface area contributed by atoms with Crippen LogP contribution in [0.1, 0.15) is 23.2 Å². The second-order valence-electron chi connectivity index (χ2n) is 8.68. The number of rotatable bonds is 9. The number of hydrogen-bond donors (Lipinski definition) is 1. The SMILES string of the molecule is COc1ccc2onc(N3CCN(CCCCNC(=O)c4cccc(-n5ccnc5)c4)CC3)c2c1. The third-order valence-corrected chi connectivity index (χ3v) is 6.43. The molecule has 1 saturated heterocycles. The maximum absolute atomic E-state index is 12.5. The summed E-state index contributed by atoms with van der Waals surface area (Å²) in [7, 11) is 1.67. The van der Waals surface area contributed by atoms with Crippen molar-refractivity contribution >= 4 is 22.7 Å². The Morgan fingerprint density at radius 2 is 2.00 bits per heavy atom. The molecule has 0 bridgehead atoms. The van der Waals surface area contributed by atoms with Crippen molar-refractivity contribution in [1.29, 1.82) is 0 Å². The molecule has 9 nitrogen and oxygen atoms in total. The van der Waals surface area contributed by atoms with Gasteiger partial charge >= 0.3 is 0 Å². The quantitative estimate of drug-likeness (QED) is 0.372. The molecule has 3 heterocycles. The molecule has 2 aromatic heterocycles. The van der Waals surface area contributed by atoms with Gasteiger partial charge in [-0.2, -0.15) is 0 Å². The lowest BCUT2D eigenvalue weighted by Gasteiger charge is -2.34. The summed E-state index contributed by atoms with van der Waals surface area (Å²) in [6.07, 6.45) is 7.30. The number of carbonyl (C=O) groups excluding carboxylic acids is 1. The van der Waals surface area contributed by atoms with Crippen molar-refractivity contribution < 1.29 is 14.1 Å². The van der Waals surface area contributed by atoms with Gasteiger partial charge < -0.3 is 24.0 Å². The van der Waals surface area contributed by atoms with E-state index >= 15 is 0 Å². The number of carbonyl (C=O) groups is 1. The van der Waals surface area contributed by atoms with Crippen molar-refractivity contribution in [2.45, 2.75) is 12.8 Å². The zero-order valence-electron chi connectivity index (χ0n) is 19.9. The Hall–Kier alpha value is -3.85. The standard InChI is InChI=1S/C26H30N6O3/c1-34-22-7-8-24-23(18-22)25(29-35-24)31-15-13-30(14-16-31)11-3-2-9-28-26(33)20-5-4-6-21(17-20)32-12-10-27-19-32/h4-8,10,12,17-19H,2-3,9,11,13-16H2,1H3,(H,28,33). The largest absolute Gasteiger partial charge is 0.497 e.